The second-order valence-corrected chi connectivity index (χ2v) is 7.47. The third-order valence-corrected chi connectivity index (χ3v) is 5.82. The van der Waals surface area contributed by atoms with E-state index in [0.717, 1.165) is 0 Å². The number of hydrogen-bond donors (Lipinski definition) is 2. The van der Waals surface area contributed by atoms with Gasteiger partial charge in [0.05, 0.1) is 5.69 Å². The standard InChI is InChI=1S/C20H12.C6H4N2O2/c1-5-13-6-2-11-17-18-12-4-8-14-7-3-10-16(20(14)18)15(9-1)19(13)17;9-5-4-3(1-2-7-4)8-6(5)10/h1-12H;1-2,7H,(H,8,9,10). The third-order valence-electron chi connectivity index (χ3n) is 5.82. The van der Waals surface area contributed by atoms with Gasteiger partial charge in [-0.15, -0.1) is 0 Å². The van der Waals surface area contributed by atoms with Gasteiger partial charge in [-0.1, -0.05) is 72.8 Å². The van der Waals surface area contributed by atoms with Crippen LogP contribution in [0.5, 0.6) is 0 Å². The maximum atomic E-state index is 10.8. The van der Waals surface area contributed by atoms with Crippen LogP contribution >= 0.6 is 0 Å². The Hall–Kier alpha value is -4.18. The van der Waals surface area contributed by atoms with Crippen molar-refractivity contribution in [3.8, 4) is 0 Å². The number of benzene rings is 5. The van der Waals surface area contributed by atoms with E-state index in [0.29, 0.717) is 11.4 Å². The molecule has 5 aromatic carbocycles. The molecule has 0 atom stereocenters. The van der Waals surface area contributed by atoms with Crippen LogP contribution in [0.2, 0.25) is 0 Å². The van der Waals surface area contributed by atoms with Gasteiger partial charge in [0.1, 0.15) is 5.69 Å². The van der Waals surface area contributed by atoms with E-state index in [4.69, 9.17) is 0 Å². The first-order valence-electron chi connectivity index (χ1n) is 9.79. The highest BCUT2D eigenvalue weighted by Crippen LogP contribution is 2.39. The molecule has 1 aliphatic heterocycles. The first kappa shape index (κ1) is 16.7. The number of carbonyl (C=O) groups is 2. The smallest absolute Gasteiger partial charge is 0.298 e. The van der Waals surface area contributed by atoms with Gasteiger partial charge >= 0.3 is 0 Å². The zero-order valence-corrected chi connectivity index (χ0v) is 15.9. The minimum atomic E-state index is -0.554. The van der Waals surface area contributed by atoms with Crippen LogP contribution in [0.4, 0.5) is 5.69 Å². The molecule has 0 bridgehead atoms. The molecule has 0 spiro atoms. The molecule has 4 heteroatoms. The van der Waals surface area contributed by atoms with Gasteiger partial charge in [-0.25, -0.2) is 0 Å². The van der Waals surface area contributed by atoms with Gasteiger partial charge < -0.3 is 10.3 Å². The van der Waals surface area contributed by atoms with E-state index < -0.39 is 11.7 Å². The van der Waals surface area contributed by atoms with Gasteiger partial charge in [0.15, 0.2) is 0 Å². The molecule has 0 unspecified atom stereocenters. The number of H-pyrrole nitrogens is 1. The number of carbonyl (C=O) groups excluding carboxylic acids is 2. The molecule has 0 fully saturated rings. The van der Waals surface area contributed by atoms with Crippen molar-refractivity contribution < 1.29 is 9.59 Å². The zero-order chi connectivity index (χ0) is 20.2. The quantitative estimate of drug-likeness (QED) is 0.194. The molecule has 30 heavy (non-hydrogen) atoms. The molecule has 2 N–H and O–H groups in total. The molecule has 1 aliphatic rings. The average Bonchev–Trinajstić information content (AvgIpc) is 3.35. The molecule has 0 saturated carbocycles. The largest absolute Gasteiger partial charge is 0.357 e. The Morgan fingerprint density at radius 2 is 1.03 bits per heavy atom. The molecule has 2 heterocycles. The van der Waals surface area contributed by atoms with Crippen LogP contribution in [0, 0.1) is 0 Å². The molecule has 1 aromatic heterocycles. The maximum Gasteiger partial charge on any atom is 0.298 e. The Morgan fingerprint density at radius 1 is 0.567 bits per heavy atom. The van der Waals surface area contributed by atoms with Crippen LogP contribution in [-0.2, 0) is 4.79 Å². The third kappa shape index (κ3) is 2.28. The molecule has 1 amide bonds. The highest BCUT2D eigenvalue weighted by Gasteiger charge is 2.28. The van der Waals surface area contributed by atoms with Crippen molar-refractivity contribution in [2.24, 2.45) is 0 Å². The first-order chi connectivity index (χ1) is 14.7. The summed E-state index contributed by atoms with van der Waals surface area (Å²) in [6.07, 6.45) is 1.61. The molecular formula is C26H16N2O2. The lowest BCUT2D eigenvalue weighted by Gasteiger charge is -2.13. The Morgan fingerprint density at radius 3 is 1.47 bits per heavy atom. The van der Waals surface area contributed by atoms with Crippen LogP contribution in [0.1, 0.15) is 10.5 Å². The summed E-state index contributed by atoms with van der Waals surface area (Å²) >= 11 is 0. The second kappa shape index (κ2) is 6.16. The monoisotopic (exact) mass is 388 g/mol. The van der Waals surface area contributed by atoms with Crippen LogP contribution in [-0.4, -0.2) is 16.7 Å². The van der Waals surface area contributed by atoms with Crippen molar-refractivity contribution in [2.75, 3.05) is 5.32 Å². The normalized spacial score (nSPS) is 13.1. The lowest BCUT2D eigenvalue weighted by atomic mass is 9.90. The van der Waals surface area contributed by atoms with Crippen molar-refractivity contribution in [2.45, 2.75) is 0 Å². The van der Waals surface area contributed by atoms with E-state index in [1.54, 1.807) is 12.3 Å². The summed E-state index contributed by atoms with van der Waals surface area (Å²) in [7, 11) is 0. The first-order valence-corrected chi connectivity index (χ1v) is 9.79. The summed E-state index contributed by atoms with van der Waals surface area (Å²) < 4.78 is 0. The maximum absolute atomic E-state index is 10.8. The van der Waals surface area contributed by atoms with Gasteiger partial charge in [0.25, 0.3) is 11.7 Å². The van der Waals surface area contributed by atoms with Gasteiger partial charge in [-0.2, -0.15) is 0 Å². The number of aromatic amines is 1. The molecule has 4 nitrogen and oxygen atoms in total. The van der Waals surface area contributed by atoms with E-state index in [-0.39, 0.29) is 0 Å². The van der Waals surface area contributed by atoms with Crippen molar-refractivity contribution >= 4 is 60.5 Å². The van der Waals surface area contributed by atoms with Crippen molar-refractivity contribution in [1.29, 1.82) is 0 Å². The van der Waals surface area contributed by atoms with Gasteiger partial charge in [-0.05, 0) is 49.2 Å². The highest BCUT2D eigenvalue weighted by molar-refractivity contribution is 6.51. The summed E-state index contributed by atoms with van der Waals surface area (Å²) in [6, 6.07) is 28.1. The fraction of sp³-hybridized carbons (Fsp3) is 0. The number of hydrogen-bond acceptors (Lipinski definition) is 2. The minimum Gasteiger partial charge on any atom is -0.357 e. The Kier molecular flexibility index (Phi) is 3.44. The van der Waals surface area contributed by atoms with Crippen LogP contribution in [0.3, 0.4) is 0 Å². The lowest BCUT2D eigenvalue weighted by molar-refractivity contribution is -0.112. The van der Waals surface area contributed by atoms with E-state index in [1.807, 2.05) is 0 Å². The predicted octanol–water partition coefficient (Wildman–Crippen LogP) is 5.89. The summed E-state index contributed by atoms with van der Waals surface area (Å²) in [6.45, 7) is 0. The predicted molar refractivity (Wildman–Crippen MR) is 121 cm³/mol. The number of amides is 1. The van der Waals surface area contributed by atoms with Crippen molar-refractivity contribution in [3.63, 3.8) is 0 Å². The second-order valence-electron chi connectivity index (χ2n) is 7.47. The van der Waals surface area contributed by atoms with Crippen molar-refractivity contribution in [3.05, 3.63) is 90.8 Å². The summed E-state index contributed by atoms with van der Waals surface area (Å²) in [5.74, 6) is -1.04. The number of anilines is 1. The molecule has 0 saturated heterocycles. The Balaban J connectivity index is 0.000000147. The average molecular weight is 388 g/mol. The number of nitrogens with one attached hydrogen (secondary N) is 2. The van der Waals surface area contributed by atoms with Crippen LogP contribution < -0.4 is 5.32 Å². The lowest BCUT2D eigenvalue weighted by Crippen LogP contribution is -2.13. The molecule has 7 rings (SSSR count). The number of fused-ring (bicyclic) bond motifs is 3. The molecule has 0 aliphatic carbocycles. The number of rotatable bonds is 0. The van der Waals surface area contributed by atoms with Crippen LogP contribution in [0.25, 0.3) is 43.1 Å². The number of aromatic nitrogens is 1. The molecule has 6 aromatic rings. The molecular weight excluding hydrogens is 372 g/mol. The summed E-state index contributed by atoms with van der Waals surface area (Å²) in [5, 5.41) is 13.3. The zero-order valence-electron chi connectivity index (χ0n) is 15.9. The minimum absolute atomic E-state index is 0.366. The van der Waals surface area contributed by atoms with Crippen molar-refractivity contribution in [1.82, 2.24) is 4.98 Å². The Labute approximate surface area is 171 Å². The highest BCUT2D eigenvalue weighted by atomic mass is 16.2. The summed E-state index contributed by atoms with van der Waals surface area (Å²) in [5.41, 5.74) is 0.944. The fourth-order valence-corrected chi connectivity index (χ4v) is 4.53. The Bertz CT molecular complexity index is 1440. The van der Waals surface area contributed by atoms with E-state index in [2.05, 4.69) is 83.1 Å². The number of Topliss-reactive ketones (excluding diaryl/α,β-unsaturated/α-hetero) is 1. The molecule has 0 radical (unpaired) electrons. The fourth-order valence-electron chi connectivity index (χ4n) is 4.53. The van der Waals surface area contributed by atoms with Crippen LogP contribution in [0.15, 0.2) is 85.1 Å². The van der Waals surface area contributed by atoms with Gasteiger partial charge in [0, 0.05) is 6.20 Å². The van der Waals surface area contributed by atoms with E-state index in [9.17, 15) is 9.59 Å². The van der Waals surface area contributed by atoms with Gasteiger partial charge in [-0.3, -0.25) is 9.59 Å². The SMILES string of the molecule is O=C1Nc2cc[nH]c2C1=O.c1cc2cccc3c4cccc5cccc(c(c1)c23)c54. The van der Waals surface area contributed by atoms with Gasteiger partial charge in [0.2, 0.25) is 0 Å². The number of ketones is 1. The molecule has 142 valence electrons. The van der Waals surface area contributed by atoms with E-state index in [1.165, 1.54) is 43.1 Å². The topological polar surface area (TPSA) is 62.0 Å². The van der Waals surface area contributed by atoms with E-state index >= 15 is 0 Å². The summed E-state index contributed by atoms with van der Waals surface area (Å²) in [4.78, 5) is 24.1.